The number of aromatic nitrogens is 2. The van der Waals surface area contributed by atoms with E-state index in [4.69, 9.17) is 11.6 Å². The van der Waals surface area contributed by atoms with Crippen LogP contribution in [-0.4, -0.2) is 9.97 Å². The van der Waals surface area contributed by atoms with E-state index in [2.05, 4.69) is 22.2 Å². The molecule has 0 aliphatic rings. The van der Waals surface area contributed by atoms with Gasteiger partial charge < -0.3 is 5.32 Å². The lowest BCUT2D eigenvalue weighted by atomic mass is 10.1. The molecule has 4 heteroatoms. The average molecular weight is 248 g/mol. The monoisotopic (exact) mass is 247 g/mol. The molecule has 0 saturated heterocycles. The Balaban J connectivity index is 1.93. The summed E-state index contributed by atoms with van der Waals surface area (Å²) in [7, 11) is 0. The highest BCUT2D eigenvalue weighted by molar-refractivity contribution is 6.30. The predicted molar refractivity (Wildman–Crippen MR) is 68.7 cm³/mol. The fraction of sp³-hybridized carbons (Fsp3) is 0.231. The lowest BCUT2D eigenvalue weighted by molar-refractivity contribution is 0.567. The molecule has 0 radical (unpaired) electrons. The molecule has 0 bridgehead atoms. The first kappa shape index (κ1) is 12.0. The highest BCUT2D eigenvalue weighted by Crippen LogP contribution is 2.16. The van der Waals surface area contributed by atoms with Crippen molar-refractivity contribution in [1.29, 1.82) is 0 Å². The van der Waals surface area contributed by atoms with Gasteiger partial charge in [0.2, 0.25) is 0 Å². The molecule has 1 aromatic carbocycles. The van der Waals surface area contributed by atoms with Crippen molar-refractivity contribution < 1.29 is 0 Å². The molecule has 2 aromatic rings. The molecule has 17 heavy (non-hydrogen) atoms. The molecule has 1 aromatic heterocycles. The summed E-state index contributed by atoms with van der Waals surface area (Å²) in [4.78, 5) is 8.05. The molecule has 0 fully saturated rings. The summed E-state index contributed by atoms with van der Waals surface area (Å²) in [5, 5.41) is 4.16. The minimum absolute atomic E-state index is 0.266. The van der Waals surface area contributed by atoms with Crippen LogP contribution in [0.4, 0.5) is 0 Å². The van der Waals surface area contributed by atoms with Crippen molar-refractivity contribution in [1.82, 2.24) is 15.3 Å². The Morgan fingerprint density at radius 3 is 2.65 bits per heavy atom. The van der Waals surface area contributed by atoms with Crippen LogP contribution in [0.1, 0.15) is 24.2 Å². The minimum Gasteiger partial charge on any atom is -0.305 e. The Morgan fingerprint density at radius 2 is 2.00 bits per heavy atom. The summed E-state index contributed by atoms with van der Waals surface area (Å²) < 4.78 is 0. The van der Waals surface area contributed by atoms with E-state index in [0.29, 0.717) is 0 Å². The van der Waals surface area contributed by atoms with Crippen LogP contribution in [0.5, 0.6) is 0 Å². The number of rotatable bonds is 4. The van der Waals surface area contributed by atoms with E-state index in [-0.39, 0.29) is 6.04 Å². The summed E-state index contributed by atoms with van der Waals surface area (Å²) in [6.07, 6.45) is 3.31. The van der Waals surface area contributed by atoms with E-state index in [9.17, 15) is 0 Å². The molecule has 0 unspecified atom stereocenters. The van der Waals surface area contributed by atoms with Crippen LogP contribution in [0, 0.1) is 0 Å². The predicted octanol–water partition coefficient (Wildman–Crippen LogP) is 2.98. The minimum atomic E-state index is 0.266. The molecule has 0 saturated carbocycles. The third-order valence-corrected chi connectivity index (χ3v) is 2.85. The fourth-order valence-electron chi connectivity index (χ4n) is 1.55. The average Bonchev–Trinajstić information content (AvgIpc) is 2.38. The van der Waals surface area contributed by atoms with Crippen molar-refractivity contribution in [2.75, 3.05) is 0 Å². The van der Waals surface area contributed by atoms with E-state index in [0.717, 1.165) is 17.3 Å². The second-order valence-corrected chi connectivity index (χ2v) is 4.29. The van der Waals surface area contributed by atoms with Crippen molar-refractivity contribution in [2.24, 2.45) is 0 Å². The van der Waals surface area contributed by atoms with Crippen molar-refractivity contribution in [3.8, 4) is 0 Å². The van der Waals surface area contributed by atoms with Gasteiger partial charge in [-0.3, -0.25) is 0 Å². The molecule has 1 atom stereocenters. The zero-order valence-corrected chi connectivity index (χ0v) is 10.4. The van der Waals surface area contributed by atoms with Crippen molar-refractivity contribution in [2.45, 2.75) is 19.5 Å². The molecule has 0 spiro atoms. The van der Waals surface area contributed by atoms with Crippen molar-refractivity contribution in [3.63, 3.8) is 0 Å². The Morgan fingerprint density at radius 1 is 1.24 bits per heavy atom. The summed E-state index contributed by atoms with van der Waals surface area (Å²) in [5.74, 6) is 0. The van der Waals surface area contributed by atoms with Gasteiger partial charge in [0.25, 0.3) is 0 Å². The molecule has 0 amide bonds. The van der Waals surface area contributed by atoms with E-state index >= 15 is 0 Å². The molecule has 1 N–H and O–H groups in total. The van der Waals surface area contributed by atoms with Crippen molar-refractivity contribution in [3.05, 3.63) is 59.1 Å². The van der Waals surface area contributed by atoms with Gasteiger partial charge in [0, 0.05) is 23.8 Å². The Labute approximate surface area is 106 Å². The second-order valence-electron chi connectivity index (χ2n) is 3.85. The lowest BCUT2D eigenvalue weighted by Gasteiger charge is -2.13. The van der Waals surface area contributed by atoms with Crippen LogP contribution >= 0.6 is 11.6 Å². The molecule has 3 nitrogen and oxygen atoms in total. The van der Waals surface area contributed by atoms with Gasteiger partial charge in [-0.25, -0.2) is 9.97 Å². The molecule has 0 aliphatic heterocycles. The van der Waals surface area contributed by atoms with E-state index in [1.165, 1.54) is 5.56 Å². The molecule has 1 heterocycles. The Hall–Kier alpha value is -1.45. The third-order valence-electron chi connectivity index (χ3n) is 2.60. The third kappa shape index (κ3) is 3.51. The summed E-state index contributed by atoms with van der Waals surface area (Å²) >= 11 is 5.85. The van der Waals surface area contributed by atoms with Crippen LogP contribution in [0.25, 0.3) is 0 Å². The highest BCUT2D eigenvalue weighted by Gasteiger charge is 2.04. The van der Waals surface area contributed by atoms with Crippen LogP contribution < -0.4 is 5.32 Å². The van der Waals surface area contributed by atoms with Crippen LogP contribution in [0.15, 0.2) is 42.9 Å². The van der Waals surface area contributed by atoms with Gasteiger partial charge in [0.1, 0.15) is 6.33 Å². The molecule has 0 aliphatic carbocycles. The normalized spacial score (nSPS) is 12.4. The van der Waals surface area contributed by atoms with Crippen LogP contribution in [0.3, 0.4) is 0 Å². The van der Waals surface area contributed by atoms with Gasteiger partial charge in [-0.05, 0) is 30.7 Å². The number of benzene rings is 1. The maximum atomic E-state index is 5.85. The smallest absolute Gasteiger partial charge is 0.115 e. The maximum absolute atomic E-state index is 5.85. The number of hydrogen-bond donors (Lipinski definition) is 1. The number of nitrogens with zero attached hydrogens (tertiary/aromatic N) is 2. The first-order valence-corrected chi connectivity index (χ1v) is 5.87. The van der Waals surface area contributed by atoms with Gasteiger partial charge in [0.15, 0.2) is 0 Å². The topological polar surface area (TPSA) is 37.8 Å². The second kappa shape index (κ2) is 5.75. The van der Waals surface area contributed by atoms with Gasteiger partial charge in [-0.1, -0.05) is 23.7 Å². The Kier molecular flexibility index (Phi) is 4.07. The fourth-order valence-corrected chi connectivity index (χ4v) is 1.68. The largest absolute Gasteiger partial charge is 0.305 e. The highest BCUT2D eigenvalue weighted by atomic mass is 35.5. The van der Waals surface area contributed by atoms with Crippen molar-refractivity contribution >= 4 is 11.6 Å². The number of halogens is 1. The SMILES string of the molecule is C[C@H](NCc1ccncn1)c1ccc(Cl)cc1. The van der Waals surface area contributed by atoms with E-state index < -0.39 is 0 Å². The summed E-state index contributed by atoms with van der Waals surface area (Å²) in [5.41, 5.74) is 2.20. The number of nitrogens with one attached hydrogen (secondary N) is 1. The van der Waals surface area contributed by atoms with Gasteiger partial charge >= 0.3 is 0 Å². The summed E-state index contributed by atoms with van der Waals surface area (Å²) in [6.45, 7) is 2.84. The zero-order chi connectivity index (χ0) is 12.1. The van der Waals surface area contributed by atoms with Gasteiger partial charge in [-0.2, -0.15) is 0 Å². The van der Waals surface area contributed by atoms with E-state index in [1.54, 1.807) is 12.5 Å². The zero-order valence-electron chi connectivity index (χ0n) is 9.60. The first-order chi connectivity index (χ1) is 8.25. The number of hydrogen-bond acceptors (Lipinski definition) is 3. The van der Waals surface area contributed by atoms with E-state index in [1.807, 2.05) is 30.3 Å². The molecule has 2 rings (SSSR count). The standard InChI is InChI=1S/C13H14ClN3/c1-10(11-2-4-12(14)5-3-11)16-8-13-6-7-15-9-17-13/h2-7,9-10,16H,8H2,1H3/t10-/m0/s1. The summed E-state index contributed by atoms with van der Waals surface area (Å²) in [6, 6.07) is 10.0. The van der Waals surface area contributed by atoms with Gasteiger partial charge in [-0.15, -0.1) is 0 Å². The Bertz CT molecular complexity index is 456. The van der Waals surface area contributed by atoms with Crippen LogP contribution in [-0.2, 0) is 6.54 Å². The quantitative estimate of drug-likeness (QED) is 0.903. The lowest BCUT2D eigenvalue weighted by Crippen LogP contribution is -2.18. The molecular formula is C13H14ClN3. The van der Waals surface area contributed by atoms with Gasteiger partial charge in [0.05, 0.1) is 5.69 Å². The molecular weight excluding hydrogens is 234 g/mol. The first-order valence-electron chi connectivity index (χ1n) is 5.49. The molecule has 88 valence electrons. The maximum Gasteiger partial charge on any atom is 0.115 e. The van der Waals surface area contributed by atoms with Crippen LogP contribution in [0.2, 0.25) is 5.02 Å².